The number of ether oxygens (including phenoxy) is 2. The molecule has 0 saturated carbocycles. The van der Waals surface area contributed by atoms with Crippen LogP contribution in [-0.4, -0.2) is 49.9 Å². The van der Waals surface area contributed by atoms with Gasteiger partial charge in [0, 0.05) is 20.2 Å². The van der Waals surface area contributed by atoms with Crippen molar-refractivity contribution in [2.45, 2.75) is 31.5 Å². The molecule has 3 rings (SSSR count). The van der Waals surface area contributed by atoms with Crippen molar-refractivity contribution in [2.75, 3.05) is 38.6 Å². The van der Waals surface area contributed by atoms with Crippen LogP contribution in [0.5, 0.6) is 5.75 Å². The third-order valence-corrected chi connectivity index (χ3v) is 4.39. The molecule has 1 aromatic rings. The molecule has 2 unspecified atom stereocenters. The topological polar surface area (TPSA) is 33.7 Å². The van der Waals surface area contributed by atoms with E-state index >= 15 is 0 Å². The Morgan fingerprint density at radius 2 is 2.30 bits per heavy atom. The summed E-state index contributed by atoms with van der Waals surface area (Å²) in [4.78, 5) is 2.47. The largest absolute Gasteiger partial charge is 0.485 e. The number of para-hydroxylation sites is 2. The number of nitrogens with one attached hydrogen (secondary N) is 1. The van der Waals surface area contributed by atoms with Crippen LogP contribution in [0, 0.1) is 0 Å². The van der Waals surface area contributed by atoms with E-state index in [4.69, 9.17) is 9.47 Å². The highest BCUT2D eigenvalue weighted by Gasteiger charge is 2.32. The zero-order valence-electron chi connectivity index (χ0n) is 12.4. The Bertz CT molecular complexity index is 466. The van der Waals surface area contributed by atoms with Gasteiger partial charge in [-0.15, -0.1) is 0 Å². The lowest BCUT2D eigenvalue weighted by molar-refractivity contribution is -0.0566. The summed E-state index contributed by atoms with van der Waals surface area (Å²) in [5, 5.41) is 3.45. The van der Waals surface area contributed by atoms with Gasteiger partial charge in [0.15, 0.2) is 0 Å². The van der Waals surface area contributed by atoms with Crippen LogP contribution in [0.2, 0.25) is 0 Å². The van der Waals surface area contributed by atoms with Crippen LogP contribution in [-0.2, 0) is 4.74 Å². The van der Waals surface area contributed by atoms with Crippen LogP contribution in [0.25, 0.3) is 0 Å². The SMILES string of the molecule is COC1(C)CCCN(CC2CNc3ccccc3O2)C1. The zero-order valence-corrected chi connectivity index (χ0v) is 12.4. The molecule has 0 aromatic heterocycles. The molecule has 1 aromatic carbocycles. The van der Waals surface area contributed by atoms with E-state index in [0.717, 1.165) is 44.0 Å². The molecule has 0 amide bonds. The number of nitrogens with zero attached hydrogens (tertiary/aromatic N) is 1. The fraction of sp³-hybridized carbons (Fsp3) is 0.625. The van der Waals surface area contributed by atoms with Gasteiger partial charge in [0.05, 0.1) is 17.8 Å². The van der Waals surface area contributed by atoms with Gasteiger partial charge in [-0.1, -0.05) is 12.1 Å². The van der Waals surface area contributed by atoms with E-state index in [0.29, 0.717) is 0 Å². The first-order chi connectivity index (χ1) is 9.68. The molecule has 0 aliphatic carbocycles. The predicted molar refractivity (Wildman–Crippen MR) is 80.4 cm³/mol. The van der Waals surface area contributed by atoms with Gasteiger partial charge in [0.1, 0.15) is 11.9 Å². The molecule has 4 heteroatoms. The van der Waals surface area contributed by atoms with E-state index in [1.807, 2.05) is 25.3 Å². The van der Waals surface area contributed by atoms with Gasteiger partial charge in [-0.25, -0.2) is 0 Å². The van der Waals surface area contributed by atoms with E-state index < -0.39 is 0 Å². The summed E-state index contributed by atoms with van der Waals surface area (Å²) >= 11 is 0. The molecule has 0 bridgehead atoms. The fourth-order valence-electron chi connectivity index (χ4n) is 3.18. The number of rotatable bonds is 3. The summed E-state index contributed by atoms with van der Waals surface area (Å²) in [6, 6.07) is 8.15. The average molecular weight is 276 g/mol. The van der Waals surface area contributed by atoms with Gasteiger partial charge in [-0.05, 0) is 38.4 Å². The number of fused-ring (bicyclic) bond motifs is 1. The summed E-state index contributed by atoms with van der Waals surface area (Å²) in [5.41, 5.74) is 1.10. The summed E-state index contributed by atoms with van der Waals surface area (Å²) < 4.78 is 11.7. The maximum atomic E-state index is 6.09. The maximum Gasteiger partial charge on any atom is 0.142 e. The van der Waals surface area contributed by atoms with E-state index in [9.17, 15) is 0 Å². The van der Waals surface area contributed by atoms with Crippen LogP contribution >= 0.6 is 0 Å². The third kappa shape index (κ3) is 2.91. The van der Waals surface area contributed by atoms with Gasteiger partial charge < -0.3 is 14.8 Å². The Kier molecular flexibility index (Phi) is 3.85. The van der Waals surface area contributed by atoms with E-state index in [1.54, 1.807) is 0 Å². The van der Waals surface area contributed by atoms with Gasteiger partial charge >= 0.3 is 0 Å². The van der Waals surface area contributed by atoms with Crippen molar-refractivity contribution in [2.24, 2.45) is 0 Å². The molecule has 0 radical (unpaired) electrons. The summed E-state index contributed by atoms with van der Waals surface area (Å²) in [6.07, 6.45) is 2.55. The molecule has 1 fully saturated rings. The van der Waals surface area contributed by atoms with Crippen molar-refractivity contribution in [1.82, 2.24) is 4.90 Å². The average Bonchev–Trinajstić information content (AvgIpc) is 2.47. The first-order valence-electron chi connectivity index (χ1n) is 7.46. The lowest BCUT2D eigenvalue weighted by Gasteiger charge is -2.41. The summed E-state index contributed by atoms with van der Waals surface area (Å²) in [5.74, 6) is 0.968. The number of anilines is 1. The van der Waals surface area contributed by atoms with E-state index in [1.165, 1.54) is 6.42 Å². The molecule has 0 spiro atoms. The lowest BCUT2D eigenvalue weighted by Crippen LogP contribution is -2.51. The van der Waals surface area contributed by atoms with Crippen LogP contribution in [0.1, 0.15) is 19.8 Å². The van der Waals surface area contributed by atoms with Crippen LogP contribution in [0.15, 0.2) is 24.3 Å². The van der Waals surface area contributed by atoms with Gasteiger partial charge in [0.2, 0.25) is 0 Å². The number of hydrogen-bond donors (Lipinski definition) is 1. The minimum absolute atomic E-state index is 0.00173. The molecule has 2 aliphatic heterocycles. The molecule has 1 saturated heterocycles. The molecule has 2 heterocycles. The number of methoxy groups -OCH3 is 1. The molecular weight excluding hydrogens is 252 g/mol. The first kappa shape index (κ1) is 13.7. The minimum atomic E-state index is -0.00173. The standard InChI is InChI=1S/C16H24N2O2/c1-16(19-2)8-5-9-18(12-16)11-13-10-17-14-6-3-4-7-15(14)20-13/h3-4,6-7,13,17H,5,8-12H2,1-2H3. The Balaban J connectivity index is 1.59. The highest BCUT2D eigenvalue weighted by Crippen LogP contribution is 2.29. The van der Waals surface area contributed by atoms with E-state index in [-0.39, 0.29) is 11.7 Å². The van der Waals surface area contributed by atoms with Crippen molar-refractivity contribution >= 4 is 5.69 Å². The Morgan fingerprint density at radius 3 is 3.15 bits per heavy atom. The van der Waals surface area contributed by atoms with Crippen LogP contribution < -0.4 is 10.1 Å². The van der Waals surface area contributed by atoms with Crippen molar-refractivity contribution in [3.63, 3.8) is 0 Å². The smallest absolute Gasteiger partial charge is 0.142 e. The van der Waals surface area contributed by atoms with Crippen LogP contribution in [0.4, 0.5) is 5.69 Å². The molecule has 20 heavy (non-hydrogen) atoms. The second-order valence-electron chi connectivity index (χ2n) is 6.11. The normalized spacial score (nSPS) is 30.2. The quantitative estimate of drug-likeness (QED) is 0.919. The molecular formula is C16H24N2O2. The number of likely N-dealkylation sites (tertiary alicyclic amines) is 1. The van der Waals surface area contributed by atoms with E-state index in [2.05, 4.69) is 23.2 Å². The highest BCUT2D eigenvalue weighted by atomic mass is 16.5. The number of benzene rings is 1. The maximum absolute atomic E-state index is 6.09. The Labute approximate surface area is 121 Å². The Hall–Kier alpha value is -1.26. The monoisotopic (exact) mass is 276 g/mol. The second kappa shape index (κ2) is 5.62. The first-order valence-corrected chi connectivity index (χ1v) is 7.46. The molecule has 4 nitrogen and oxygen atoms in total. The fourth-order valence-corrected chi connectivity index (χ4v) is 3.18. The van der Waals surface area contributed by atoms with Gasteiger partial charge in [-0.2, -0.15) is 0 Å². The zero-order chi connectivity index (χ0) is 14.0. The van der Waals surface area contributed by atoms with Crippen molar-refractivity contribution in [3.05, 3.63) is 24.3 Å². The Morgan fingerprint density at radius 1 is 1.45 bits per heavy atom. The van der Waals surface area contributed by atoms with Crippen molar-refractivity contribution < 1.29 is 9.47 Å². The van der Waals surface area contributed by atoms with Crippen LogP contribution in [0.3, 0.4) is 0 Å². The molecule has 2 atom stereocenters. The lowest BCUT2D eigenvalue weighted by atomic mass is 9.94. The highest BCUT2D eigenvalue weighted by molar-refractivity contribution is 5.57. The molecule has 2 aliphatic rings. The van der Waals surface area contributed by atoms with Gasteiger partial charge in [-0.3, -0.25) is 4.90 Å². The van der Waals surface area contributed by atoms with Crippen molar-refractivity contribution in [3.8, 4) is 5.75 Å². The third-order valence-electron chi connectivity index (χ3n) is 4.39. The number of piperidine rings is 1. The summed E-state index contributed by atoms with van der Waals surface area (Å²) in [7, 11) is 1.82. The molecule has 1 N–H and O–H groups in total. The molecule has 110 valence electrons. The number of hydrogen-bond acceptors (Lipinski definition) is 4. The van der Waals surface area contributed by atoms with Gasteiger partial charge in [0.25, 0.3) is 0 Å². The summed E-state index contributed by atoms with van der Waals surface area (Å²) in [6.45, 7) is 6.16. The van der Waals surface area contributed by atoms with Crippen molar-refractivity contribution in [1.29, 1.82) is 0 Å². The minimum Gasteiger partial charge on any atom is -0.485 e. The predicted octanol–water partition coefficient (Wildman–Crippen LogP) is 2.36. The second-order valence-corrected chi connectivity index (χ2v) is 6.11.